The summed E-state index contributed by atoms with van der Waals surface area (Å²) < 4.78 is 13.0. The molecule has 2 aromatic rings. The highest BCUT2D eigenvalue weighted by Gasteiger charge is 2.23. The van der Waals surface area contributed by atoms with Crippen LogP contribution in [0.25, 0.3) is 11.3 Å². The van der Waals surface area contributed by atoms with E-state index in [1.165, 1.54) is 32.1 Å². The summed E-state index contributed by atoms with van der Waals surface area (Å²) in [4.78, 5) is 11.7. The first kappa shape index (κ1) is 18.4. The Morgan fingerprint density at radius 1 is 1.15 bits per heavy atom. The van der Waals surface area contributed by atoms with Gasteiger partial charge in [0.05, 0.1) is 25.5 Å². The third-order valence-corrected chi connectivity index (χ3v) is 5.45. The van der Waals surface area contributed by atoms with E-state index in [-0.39, 0.29) is 0 Å². The van der Waals surface area contributed by atoms with E-state index in [1.807, 2.05) is 25.1 Å². The van der Waals surface area contributed by atoms with Gasteiger partial charge in [0.2, 0.25) is 0 Å². The predicted molar refractivity (Wildman–Crippen MR) is 101 cm³/mol. The highest BCUT2D eigenvalue weighted by Crippen LogP contribution is 2.37. The lowest BCUT2D eigenvalue weighted by Crippen LogP contribution is -2.16. The molecule has 1 aliphatic rings. The highest BCUT2D eigenvalue weighted by molar-refractivity contribution is 5.91. The second-order valence-electron chi connectivity index (χ2n) is 7.01. The van der Waals surface area contributed by atoms with Crippen LogP contribution in [0.3, 0.4) is 0 Å². The van der Waals surface area contributed by atoms with Gasteiger partial charge >= 0.3 is 5.97 Å². The van der Waals surface area contributed by atoms with E-state index < -0.39 is 5.97 Å². The minimum Gasteiger partial charge on any atom is -0.497 e. The number of hydrogen-bond acceptors (Lipinski definition) is 3. The Morgan fingerprint density at radius 3 is 2.50 bits per heavy atom. The molecule has 1 heterocycles. The van der Waals surface area contributed by atoms with Crippen molar-refractivity contribution in [3.63, 3.8) is 0 Å². The zero-order valence-corrected chi connectivity index (χ0v) is 15.7. The first-order valence-corrected chi connectivity index (χ1v) is 9.21. The van der Waals surface area contributed by atoms with Crippen LogP contribution in [-0.4, -0.2) is 29.9 Å². The molecule has 5 nitrogen and oxygen atoms in total. The molecule has 1 fully saturated rings. The molecule has 3 rings (SSSR count). The number of aromatic carboxylic acids is 1. The molecule has 5 heteroatoms. The summed E-state index contributed by atoms with van der Waals surface area (Å²) in [6, 6.07) is 7.43. The number of rotatable bonds is 6. The van der Waals surface area contributed by atoms with E-state index in [1.54, 1.807) is 20.3 Å². The maximum Gasteiger partial charge on any atom is 0.337 e. The summed E-state index contributed by atoms with van der Waals surface area (Å²) in [5, 5.41) is 9.60. The Labute approximate surface area is 154 Å². The average Bonchev–Trinajstić information content (AvgIpc) is 2.98. The van der Waals surface area contributed by atoms with Gasteiger partial charge in [-0.3, -0.25) is 0 Å². The molecule has 0 saturated heterocycles. The number of nitrogens with zero attached hydrogens (tertiary/aromatic N) is 1. The zero-order valence-electron chi connectivity index (χ0n) is 15.7. The Balaban J connectivity index is 2.07. The third-order valence-electron chi connectivity index (χ3n) is 5.45. The van der Waals surface area contributed by atoms with Crippen molar-refractivity contribution >= 4 is 5.97 Å². The van der Waals surface area contributed by atoms with Gasteiger partial charge in [-0.1, -0.05) is 19.3 Å². The summed E-state index contributed by atoms with van der Waals surface area (Å²) >= 11 is 0. The van der Waals surface area contributed by atoms with Crippen LogP contribution in [-0.2, 0) is 6.54 Å². The van der Waals surface area contributed by atoms with Crippen molar-refractivity contribution in [1.82, 2.24) is 4.57 Å². The molecule has 0 atom stereocenters. The minimum absolute atomic E-state index is 0.355. The maximum absolute atomic E-state index is 11.7. The Bertz CT molecular complexity index is 788. The molecule has 0 amide bonds. The second kappa shape index (κ2) is 7.85. The van der Waals surface area contributed by atoms with Crippen molar-refractivity contribution in [2.45, 2.75) is 45.6 Å². The van der Waals surface area contributed by atoms with Crippen LogP contribution >= 0.6 is 0 Å². The fourth-order valence-corrected chi connectivity index (χ4v) is 3.96. The molecule has 0 radical (unpaired) electrons. The molecule has 1 N–H and O–H groups in total. The lowest BCUT2D eigenvalue weighted by atomic mass is 9.89. The molecule has 26 heavy (non-hydrogen) atoms. The third kappa shape index (κ3) is 3.57. The molecule has 1 aromatic heterocycles. The Kier molecular flexibility index (Phi) is 5.55. The van der Waals surface area contributed by atoms with Crippen molar-refractivity contribution in [3.8, 4) is 22.8 Å². The van der Waals surface area contributed by atoms with Gasteiger partial charge < -0.3 is 19.1 Å². The summed E-state index contributed by atoms with van der Waals surface area (Å²) in [6.45, 7) is 2.75. The average molecular weight is 357 g/mol. The van der Waals surface area contributed by atoms with E-state index in [4.69, 9.17) is 9.47 Å². The standard InChI is InChI=1S/C21H27NO4/c1-14-18(21(23)24)12-19(22(14)13-15-7-5-4-6-8-15)17-10-9-16(25-2)11-20(17)26-3/h9-12,15H,4-8,13H2,1-3H3,(H,23,24). The van der Waals surface area contributed by atoms with Crippen molar-refractivity contribution in [1.29, 1.82) is 0 Å². The molecular formula is C21H27NO4. The second-order valence-corrected chi connectivity index (χ2v) is 7.01. The number of methoxy groups -OCH3 is 2. The van der Waals surface area contributed by atoms with Crippen molar-refractivity contribution in [2.24, 2.45) is 5.92 Å². The Hall–Kier alpha value is -2.43. The number of carbonyl (C=O) groups is 1. The molecule has 140 valence electrons. The van der Waals surface area contributed by atoms with Crippen LogP contribution in [0.4, 0.5) is 0 Å². The summed E-state index contributed by atoms with van der Waals surface area (Å²) in [7, 11) is 3.24. The molecule has 0 unspecified atom stereocenters. The van der Waals surface area contributed by atoms with Gasteiger partial charge in [-0.2, -0.15) is 0 Å². The van der Waals surface area contributed by atoms with Crippen LogP contribution in [0.5, 0.6) is 11.5 Å². The van der Waals surface area contributed by atoms with Crippen LogP contribution in [0, 0.1) is 12.8 Å². The number of carboxylic acids is 1. The molecule has 0 aliphatic heterocycles. The van der Waals surface area contributed by atoms with Crippen LogP contribution in [0.2, 0.25) is 0 Å². The first-order chi connectivity index (χ1) is 12.5. The zero-order chi connectivity index (χ0) is 18.7. The molecule has 0 spiro atoms. The molecule has 1 aliphatic carbocycles. The normalized spacial score (nSPS) is 15.0. The van der Waals surface area contributed by atoms with Gasteiger partial charge in [-0.05, 0) is 43.9 Å². The van der Waals surface area contributed by atoms with Gasteiger partial charge in [0.1, 0.15) is 11.5 Å². The van der Waals surface area contributed by atoms with Gasteiger partial charge in [-0.25, -0.2) is 4.79 Å². The van der Waals surface area contributed by atoms with Crippen molar-refractivity contribution < 1.29 is 19.4 Å². The van der Waals surface area contributed by atoms with Gasteiger partial charge in [0, 0.05) is 23.9 Å². The lowest BCUT2D eigenvalue weighted by Gasteiger charge is -2.24. The van der Waals surface area contributed by atoms with E-state index in [0.717, 1.165) is 23.5 Å². The van der Waals surface area contributed by atoms with Crippen LogP contribution < -0.4 is 9.47 Å². The molecule has 0 bridgehead atoms. The maximum atomic E-state index is 11.7. The summed E-state index contributed by atoms with van der Waals surface area (Å²) in [5.74, 6) is 1.10. The number of benzene rings is 1. The van der Waals surface area contributed by atoms with E-state index in [2.05, 4.69) is 4.57 Å². The predicted octanol–water partition coefficient (Wildman–Crippen LogP) is 4.76. The minimum atomic E-state index is -0.890. The number of ether oxygens (including phenoxy) is 2. The summed E-state index contributed by atoms with van der Waals surface area (Å²) in [6.07, 6.45) is 6.25. The largest absolute Gasteiger partial charge is 0.497 e. The molecule has 1 saturated carbocycles. The fourth-order valence-electron chi connectivity index (χ4n) is 3.96. The first-order valence-electron chi connectivity index (χ1n) is 9.21. The lowest BCUT2D eigenvalue weighted by molar-refractivity contribution is 0.0696. The number of hydrogen-bond donors (Lipinski definition) is 1. The van der Waals surface area contributed by atoms with Crippen LogP contribution in [0.1, 0.15) is 48.2 Å². The monoisotopic (exact) mass is 357 g/mol. The number of aromatic nitrogens is 1. The van der Waals surface area contributed by atoms with Gasteiger partial charge in [0.15, 0.2) is 0 Å². The van der Waals surface area contributed by atoms with E-state index in [9.17, 15) is 9.90 Å². The smallest absolute Gasteiger partial charge is 0.337 e. The topological polar surface area (TPSA) is 60.7 Å². The van der Waals surface area contributed by atoms with Gasteiger partial charge in [-0.15, -0.1) is 0 Å². The van der Waals surface area contributed by atoms with E-state index in [0.29, 0.717) is 23.0 Å². The SMILES string of the molecule is COc1ccc(-c2cc(C(=O)O)c(C)n2CC2CCCCC2)c(OC)c1. The van der Waals surface area contributed by atoms with E-state index >= 15 is 0 Å². The number of carboxylic acid groups (broad SMARTS) is 1. The molecule has 1 aromatic carbocycles. The Morgan fingerprint density at radius 2 is 1.88 bits per heavy atom. The van der Waals surface area contributed by atoms with Crippen LogP contribution in [0.15, 0.2) is 24.3 Å². The fraction of sp³-hybridized carbons (Fsp3) is 0.476. The quantitative estimate of drug-likeness (QED) is 0.810. The van der Waals surface area contributed by atoms with Crippen molar-refractivity contribution in [2.75, 3.05) is 14.2 Å². The van der Waals surface area contributed by atoms with Crippen molar-refractivity contribution in [3.05, 3.63) is 35.5 Å². The molecular weight excluding hydrogens is 330 g/mol. The summed E-state index contributed by atoms with van der Waals surface area (Å²) in [5.41, 5.74) is 2.94. The highest BCUT2D eigenvalue weighted by atomic mass is 16.5. The van der Waals surface area contributed by atoms with Gasteiger partial charge in [0.25, 0.3) is 0 Å².